The lowest BCUT2D eigenvalue weighted by atomic mass is 9.74. The molecule has 1 N–H and O–H groups in total. The molecule has 0 bridgehead atoms. The molecule has 1 amide bonds. The third-order valence-electron chi connectivity index (χ3n) is 4.70. The molecule has 4 nitrogen and oxygen atoms in total. The van der Waals surface area contributed by atoms with E-state index in [4.69, 9.17) is 11.6 Å². The molecule has 2 aliphatic rings. The van der Waals surface area contributed by atoms with Crippen LogP contribution in [0.1, 0.15) is 36.2 Å². The normalized spacial score (nSPS) is 27.0. The lowest BCUT2D eigenvalue weighted by Gasteiger charge is -2.45. The van der Waals surface area contributed by atoms with Crippen LogP contribution in [0.3, 0.4) is 0 Å². The average molecular weight is 296 g/mol. The number of aromatic nitrogens is 1. The molecule has 2 fully saturated rings. The number of hydrogen-bond donors (Lipinski definition) is 1. The van der Waals surface area contributed by atoms with Crippen molar-refractivity contribution in [3.8, 4) is 0 Å². The van der Waals surface area contributed by atoms with E-state index < -0.39 is 0 Å². The van der Waals surface area contributed by atoms with Crippen molar-refractivity contribution in [2.24, 2.45) is 12.5 Å². The van der Waals surface area contributed by atoms with Gasteiger partial charge in [-0.2, -0.15) is 0 Å². The van der Waals surface area contributed by atoms with Gasteiger partial charge in [0, 0.05) is 38.3 Å². The summed E-state index contributed by atoms with van der Waals surface area (Å²) in [7, 11) is 1.88. The molecule has 0 saturated carbocycles. The van der Waals surface area contributed by atoms with E-state index in [0.717, 1.165) is 32.6 Å². The molecule has 0 aromatic carbocycles. The Morgan fingerprint density at radius 3 is 2.85 bits per heavy atom. The summed E-state index contributed by atoms with van der Waals surface area (Å²) in [6, 6.07) is 1.77. The Morgan fingerprint density at radius 1 is 1.40 bits per heavy atom. The SMILES string of the molecule is Cn1cc(Cl)cc1C(=O)N1CCCC2(CCCNC2)C1. The summed E-state index contributed by atoms with van der Waals surface area (Å²) in [4.78, 5) is 14.7. The Balaban J connectivity index is 1.76. The molecule has 0 aliphatic carbocycles. The van der Waals surface area contributed by atoms with E-state index in [0.29, 0.717) is 16.1 Å². The van der Waals surface area contributed by atoms with E-state index in [1.54, 1.807) is 12.3 Å². The van der Waals surface area contributed by atoms with Crippen molar-refractivity contribution in [1.29, 1.82) is 0 Å². The number of amides is 1. The summed E-state index contributed by atoms with van der Waals surface area (Å²) in [6.07, 6.45) is 6.58. The van der Waals surface area contributed by atoms with Crippen LogP contribution in [0.15, 0.2) is 12.3 Å². The number of aryl methyl sites for hydroxylation is 1. The van der Waals surface area contributed by atoms with Gasteiger partial charge in [0.25, 0.3) is 5.91 Å². The molecular weight excluding hydrogens is 274 g/mol. The first-order valence-electron chi connectivity index (χ1n) is 7.42. The van der Waals surface area contributed by atoms with Gasteiger partial charge in [-0.05, 0) is 38.3 Å². The van der Waals surface area contributed by atoms with Crippen LogP contribution in [0.4, 0.5) is 0 Å². The molecule has 1 unspecified atom stereocenters. The molecule has 1 aromatic heterocycles. The molecule has 2 aliphatic heterocycles. The fourth-order valence-electron chi connectivity index (χ4n) is 3.66. The molecule has 5 heteroatoms. The van der Waals surface area contributed by atoms with Crippen LogP contribution in [-0.2, 0) is 7.05 Å². The summed E-state index contributed by atoms with van der Waals surface area (Å²) >= 11 is 5.99. The standard InChI is InChI=1S/C15H22ClN3O/c1-18-9-12(16)8-13(18)14(20)19-7-3-5-15(11-19)4-2-6-17-10-15/h8-9,17H,2-7,10-11H2,1H3. The molecule has 0 radical (unpaired) electrons. The zero-order valence-corrected chi connectivity index (χ0v) is 12.7. The molecule has 1 spiro atoms. The van der Waals surface area contributed by atoms with E-state index in [-0.39, 0.29) is 5.91 Å². The van der Waals surface area contributed by atoms with Crippen molar-refractivity contribution < 1.29 is 4.79 Å². The van der Waals surface area contributed by atoms with Crippen molar-refractivity contribution in [1.82, 2.24) is 14.8 Å². The lowest BCUT2D eigenvalue weighted by molar-refractivity contribution is 0.0426. The van der Waals surface area contributed by atoms with Crippen molar-refractivity contribution in [2.75, 3.05) is 26.2 Å². The average Bonchev–Trinajstić information content (AvgIpc) is 2.78. The van der Waals surface area contributed by atoms with E-state index in [9.17, 15) is 4.79 Å². The minimum absolute atomic E-state index is 0.115. The number of carbonyl (C=O) groups excluding carboxylic acids is 1. The number of hydrogen-bond acceptors (Lipinski definition) is 2. The number of likely N-dealkylation sites (tertiary alicyclic amines) is 1. The van der Waals surface area contributed by atoms with Crippen molar-refractivity contribution in [2.45, 2.75) is 25.7 Å². The van der Waals surface area contributed by atoms with Gasteiger partial charge >= 0.3 is 0 Å². The first kappa shape index (κ1) is 14.0. The number of nitrogens with one attached hydrogen (secondary N) is 1. The van der Waals surface area contributed by atoms with Crippen molar-refractivity contribution in [3.63, 3.8) is 0 Å². The second kappa shape index (κ2) is 5.41. The van der Waals surface area contributed by atoms with Crippen LogP contribution in [0.25, 0.3) is 0 Å². The van der Waals surface area contributed by atoms with Crippen LogP contribution >= 0.6 is 11.6 Å². The molecule has 1 aromatic rings. The minimum atomic E-state index is 0.115. The molecule has 3 rings (SSSR count). The van der Waals surface area contributed by atoms with Gasteiger partial charge in [-0.15, -0.1) is 0 Å². The molecule has 110 valence electrons. The third-order valence-corrected chi connectivity index (χ3v) is 4.91. The maximum absolute atomic E-state index is 12.7. The summed E-state index contributed by atoms with van der Waals surface area (Å²) in [5.74, 6) is 0.115. The number of halogens is 1. The summed E-state index contributed by atoms with van der Waals surface area (Å²) < 4.78 is 1.82. The van der Waals surface area contributed by atoms with Gasteiger partial charge in [-0.3, -0.25) is 4.79 Å². The van der Waals surface area contributed by atoms with E-state index >= 15 is 0 Å². The zero-order chi connectivity index (χ0) is 14.2. The van der Waals surface area contributed by atoms with Gasteiger partial charge < -0.3 is 14.8 Å². The highest BCUT2D eigenvalue weighted by atomic mass is 35.5. The summed E-state index contributed by atoms with van der Waals surface area (Å²) in [5, 5.41) is 4.12. The zero-order valence-electron chi connectivity index (χ0n) is 12.0. The number of rotatable bonds is 1. The maximum atomic E-state index is 12.7. The van der Waals surface area contributed by atoms with Gasteiger partial charge in [-0.25, -0.2) is 0 Å². The van der Waals surface area contributed by atoms with E-state index in [2.05, 4.69) is 5.32 Å². The predicted molar refractivity (Wildman–Crippen MR) is 80.1 cm³/mol. The highest BCUT2D eigenvalue weighted by Gasteiger charge is 2.38. The minimum Gasteiger partial charge on any atom is -0.345 e. The molecule has 20 heavy (non-hydrogen) atoms. The quantitative estimate of drug-likeness (QED) is 0.863. The van der Waals surface area contributed by atoms with Crippen molar-refractivity contribution >= 4 is 17.5 Å². The van der Waals surface area contributed by atoms with Gasteiger partial charge in [0.1, 0.15) is 5.69 Å². The van der Waals surface area contributed by atoms with Gasteiger partial charge in [0.2, 0.25) is 0 Å². The van der Waals surface area contributed by atoms with Gasteiger partial charge in [0.05, 0.1) is 5.02 Å². The maximum Gasteiger partial charge on any atom is 0.270 e. The molecule has 3 heterocycles. The Morgan fingerprint density at radius 2 is 2.20 bits per heavy atom. The van der Waals surface area contributed by atoms with Crippen LogP contribution in [0.5, 0.6) is 0 Å². The second-order valence-corrected chi connectivity index (χ2v) is 6.70. The van der Waals surface area contributed by atoms with E-state index in [1.807, 2.05) is 16.5 Å². The Labute approximate surface area is 125 Å². The summed E-state index contributed by atoms with van der Waals surface area (Å²) in [5.41, 5.74) is 0.983. The first-order chi connectivity index (χ1) is 9.60. The highest BCUT2D eigenvalue weighted by Crippen LogP contribution is 2.36. The highest BCUT2D eigenvalue weighted by molar-refractivity contribution is 6.31. The Hall–Kier alpha value is -1.00. The Kier molecular flexibility index (Phi) is 3.78. The van der Waals surface area contributed by atoms with Crippen LogP contribution in [0.2, 0.25) is 5.02 Å². The Bertz CT molecular complexity index is 500. The first-order valence-corrected chi connectivity index (χ1v) is 7.79. The van der Waals surface area contributed by atoms with Crippen LogP contribution in [-0.4, -0.2) is 41.6 Å². The topological polar surface area (TPSA) is 37.3 Å². The van der Waals surface area contributed by atoms with Crippen LogP contribution < -0.4 is 5.32 Å². The molecule has 1 atom stereocenters. The lowest BCUT2D eigenvalue weighted by Crippen LogP contribution is -2.52. The number of nitrogens with zero attached hydrogens (tertiary/aromatic N) is 2. The van der Waals surface area contributed by atoms with E-state index in [1.165, 1.54) is 19.3 Å². The third kappa shape index (κ3) is 2.59. The summed E-state index contributed by atoms with van der Waals surface area (Å²) in [6.45, 7) is 3.90. The fraction of sp³-hybridized carbons (Fsp3) is 0.667. The smallest absolute Gasteiger partial charge is 0.270 e. The molecule has 2 saturated heterocycles. The largest absolute Gasteiger partial charge is 0.345 e. The van der Waals surface area contributed by atoms with Gasteiger partial charge in [0.15, 0.2) is 0 Å². The number of carbonyl (C=O) groups is 1. The van der Waals surface area contributed by atoms with Gasteiger partial charge in [-0.1, -0.05) is 11.6 Å². The monoisotopic (exact) mass is 295 g/mol. The van der Waals surface area contributed by atoms with Crippen molar-refractivity contribution in [3.05, 3.63) is 23.0 Å². The predicted octanol–water partition coefficient (Wildman–Crippen LogP) is 2.28. The number of piperidine rings is 2. The second-order valence-electron chi connectivity index (χ2n) is 6.27. The fourth-order valence-corrected chi connectivity index (χ4v) is 3.91. The van der Waals surface area contributed by atoms with Crippen LogP contribution in [0, 0.1) is 5.41 Å². The molecular formula is C15H22ClN3O.